The van der Waals surface area contributed by atoms with Gasteiger partial charge >= 0.3 is 5.97 Å². The molecule has 2 N–H and O–H groups in total. The van der Waals surface area contributed by atoms with Crippen LogP contribution in [0.2, 0.25) is 0 Å². The maximum absolute atomic E-state index is 15.4. The van der Waals surface area contributed by atoms with Gasteiger partial charge in [-0.05, 0) is 59.9 Å². The number of carbonyl (C=O) groups excluding carboxylic acids is 1. The van der Waals surface area contributed by atoms with Crippen molar-refractivity contribution in [2.75, 3.05) is 0 Å². The third kappa shape index (κ3) is 2.52. The lowest BCUT2D eigenvalue weighted by molar-refractivity contribution is 0.0201. The van der Waals surface area contributed by atoms with Crippen LogP contribution < -0.4 is 4.74 Å². The second-order valence-corrected chi connectivity index (χ2v) is 10.1. The zero-order valence-electron chi connectivity index (χ0n) is 15.0. The first kappa shape index (κ1) is 22.1. The second-order valence-electron chi connectivity index (χ2n) is 6.82. The maximum Gasteiger partial charge on any atom is 0.340 e. The van der Waals surface area contributed by atoms with E-state index in [0.717, 1.165) is 0 Å². The van der Waals surface area contributed by atoms with E-state index in [1.165, 1.54) is 12.1 Å². The van der Waals surface area contributed by atoms with E-state index >= 15 is 8.78 Å². The van der Waals surface area contributed by atoms with Crippen molar-refractivity contribution in [1.82, 2.24) is 0 Å². The first-order valence-corrected chi connectivity index (χ1v) is 11.7. The molecule has 2 heterocycles. The van der Waals surface area contributed by atoms with Crippen LogP contribution in [0.15, 0.2) is 36.1 Å². The fourth-order valence-corrected chi connectivity index (χ4v) is 6.38. The van der Waals surface area contributed by atoms with Crippen LogP contribution in [0.5, 0.6) is 23.0 Å². The van der Waals surface area contributed by atoms with Gasteiger partial charge in [-0.15, -0.1) is 0 Å². The van der Waals surface area contributed by atoms with Gasteiger partial charge in [0.2, 0.25) is 17.2 Å². The fourth-order valence-electron chi connectivity index (χ4n) is 3.95. The van der Waals surface area contributed by atoms with E-state index in [1.807, 2.05) is 0 Å². The Balaban J connectivity index is 2.09. The van der Waals surface area contributed by atoms with Crippen LogP contribution >= 0.6 is 63.7 Å². The first-order valence-electron chi connectivity index (χ1n) is 8.53. The molecular weight excluding hydrogens is 697 g/mol. The van der Waals surface area contributed by atoms with Crippen molar-refractivity contribution in [3.8, 4) is 23.0 Å². The lowest BCUT2D eigenvalue weighted by Gasteiger charge is -2.38. The third-order valence-electron chi connectivity index (χ3n) is 5.25. The number of phenols is 2. The molecule has 12 heteroatoms. The Labute approximate surface area is 210 Å². The van der Waals surface area contributed by atoms with E-state index in [0.29, 0.717) is 0 Å². The lowest BCUT2D eigenvalue weighted by atomic mass is 9.77. The molecule has 0 saturated carbocycles. The number of halogens is 7. The molecule has 0 saturated heterocycles. The third-order valence-corrected chi connectivity index (χ3v) is 8.74. The molecule has 5 rings (SSSR count). The topological polar surface area (TPSA) is 76.0 Å². The number of hydrogen-bond acceptors (Lipinski definition) is 5. The molecule has 32 heavy (non-hydrogen) atoms. The van der Waals surface area contributed by atoms with Crippen molar-refractivity contribution in [2.24, 2.45) is 0 Å². The standard InChI is InChI=1S/C20H5Br4F3O5/c21-5-3-1-2-4-6(5)20(32-19(4)30)7-9(22)10(23)15(28)11(24)17(7)31-18-8(20)12(25)13(26)16(29)14(18)27/h1-3,28-29H. The molecule has 2 aliphatic rings. The fraction of sp³-hybridized carbons (Fsp3) is 0.0500. The van der Waals surface area contributed by atoms with Gasteiger partial charge < -0.3 is 19.7 Å². The molecule has 0 aromatic heterocycles. The molecule has 5 nitrogen and oxygen atoms in total. The number of benzene rings is 3. The SMILES string of the molecule is O=C1OC2(c3c(Br)cccc31)c1c(F)c(F)c(O)c(F)c1Oc1c(Br)c(O)c(Br)c(Br)c12. The van der Waals surface area contributed by atoms with E-state index in [1.54, 1.807) is 6.07 Å². The van der Waals surface area contributed by atoms with Crippen LogP contribution in [0.4, 0.5) is 13.2 Å². The van der Waals surface area contributed by atoms with Crippen LogP contribution in [0.25, 0.3) is 0 Å². The first-order chi connectivity index (χ1) is 15.0. The number of esters is 1. The van der Waals surface area contributed by atoms with Gasteiger partial charge in [0.1, 0.15) is 10.2 Å². The van der Waals surface area contributed by atoms with E-state index < -0.39 is 46.1 Å². The summed E-state index contributed by atoms with van der Waals surface area (Å²) in [5.41, 5.74) is -3.01. The molecule has 164 valence electrons. The molecular formula is C20H5Br4F3O5. The quantitative estimate of drug-likeness (QED) is 0.193. The van der Waals surface area contributed by atoms with Crippen LogP contribution in [0.3, 0.4) is 0 Å². The largest absolute Gasteiger partial charge is 0.505 e. The Morgan fingerprint density at radius 1 is 0.781 bits per heavy atom. The van der Waals surface area contributed by atoms with Crippen LogP contribution in [-0.2, 0) is 10.3 Å². The summed E-state index contributed by atoms with van der Waals surface area (Å²) in [5, 5.41) is 20.2. The van der Waals surface area contributed by atoms with Gasteiger partial charge in [-0.1, -0.05) is 22.0 Å². The maximum atomic E-state index is 15.4. The Morgan fingerprint density at radius 3 is 2.16 bits per heavy atom. The number of hydrogen-bond donors (Lipinski definition) is 2. The highest BCUT2D eigenvalue weighted by atomic mass is 79.9. The van der Waals surface area contributed by atoms with Crippen molar-refractivity contribution in [3.05, 3.63) is 75.8 Å². The molecule has 2 aliphatic heterocycles. The predicted octanol–water partition coefficient (Wildman–Crippen LogP) is 7.13. The highest BCUT2D eigenvalue weighted by Crippen LogP contribution is 2.64. The normalized spacial score (nSPS) is 18.2. The molecule has 1 spiro atoms. The molecule has 0 amide bonds. The minimum absolute atomic E-state index is 0.0127. The summed E-state index contributed by atoms with van der Waals surface area (Å²) in [5.74, 6) is -9.16. The van der Waals surface area contributed by atoms with Crippen molar-refractivity contribution in [3.63, 3.8) is 0 Å². The minimum Gasteiger partial charge on any atom is -0.505 e. The molecule has 0 fully saturated rings. The van der Waals surface area contributed by atoms with Crippen molar-refractivity contribution in [2.45, 2.75) is 5.60 Å². The number of carbonyl (C=O) groups is 1. The zero-order chi connectivity index (χ0) is 23.3. The van der Waals surface area contributed by atoms with Gasteiger partial charge in [0.25, 0.3) is 0 Å². The van der Waals surface area contributed by atoms with Gasteiger partial charge in [-0.2, -0.15) is 8.78 Å². The van der Waals surface area contributed by atoms with E-state index in [-0.39, 0.29) is 46.1 Å². The van der Waals surface area contributed by atoms with Gasteiger partial charge in [-0.25, -0.2) is 9.18 Å². The van der Waals surface area contributed by atoms with Gasteiger partial charge in [0, 0.05) is 14.5 Å². The number of phenolic OH excluding ortho intramolecular Hbond substituents is 2. The van der Waals surface area contributed by atoms with Crippen molar-refractivity contribution < 1.29 is 37.7 Å². The molecule has 1 atom stereocenters. The Bertz CT molecular complexity index is 1340. The number of ether oxygens (including phenoxy) is 2. The summed E-state index contributed by atoms with van der Waals surface area (Å²) >= 11 is 13.0. The lowest BCUT2D eigenvalue weighted by Crippen LogP contribution is -2.36. The highest BCUT2D eigenvalue weighted by Gasteiger charge is 2.59. The van der Waals surface area contributed by atoms with Gasteiger partial charge in [0.05, 0.1) is 21.2 Å². The van der Waals surface area contributed by atoms with E-state index in [4.69, 9.17) is 9.47 Å². The van der Waals surface area contributed by atoms with E-state index in [2.05, 4.69) is 63.7 Å². The van der Waals surface area contributed by atoms with Crippen molar-refractivity contribution >= 4 is 69.7 Å². The van der Waals surface area contributed by atoms with Gasteiger partial charge in [0.15, 0.2) is 23.1 Å². The Morgan fingerprint density at radius 2 is 1.47 bits per heavy atom. The molecule has 3 aromatic carbocycles. The molecule has 1 unspecified atom stereocenters. The summed E-state index contributed by atoms with van der Waals surface area (Å²) in [6.07, 6.45) is 0. The van der Waals surface area contributed by atoms with Crippen LogP contribution in [0.1, 0.15) is 27.0 Å². The number of aromatic hydroxyl groups is 2. The minimum atomic E-state index is -2.24. The average Bonchev–Trinajstić information content (AvgIpc) is 3.06. The Hall–Kier alpha value is -1.76. The molecule has 3 aromatic rings. The number of rotatable bonds is 0. The monoisotopic (exact) mass is 698 g/mol. The number of fused-ring (bicyclic) bond motifs is 6. The highest BCUT2D eigenvalue weighted by molar-refractivity contribution is 9.13. The van der Waals surface area contributed by atoms with E-state index in [9.17, 15) is 19.4 Å². The summed E-state index contributed by atoms with van der Waals surface area (Å²) in [4.78, 5) is 12.9. The smallest absolute Gasteiger partial charge is 0.340 e. The summed E-state index contributed by atoms with van der Waals surface area (Å²) in [6, 6.07) is 4.49. The van der Waals surface area contributed by atoms with Crippen LogP contribution in [-0.4, -0.2) is 16.2 Å². The van der Waals surface area contributed by atoms with Gasteiger partial charge in [-0.3, -0.25) is 0 Å². The summed E-state index contributed by atoms with van der Waals surface area (Å²) in [6.45, 7) is 0. The Kier molecular flexibility index (Phi) is 4.90. The molecule has 0 radical (unpaired) electrons. The van der Waals surface area contributed by atoms with Crippen molar-refractivity contribution in [1.29, 1.82) is 0 Å². The zero-order valence-corrected chi connectivity index (χ0v) is 21.3. The second kappa shape index (κ2) is 7.12. The summed E-state index contributed by atoms with van der Waals surface area (Å²) in [7, 11) is 0. The summed E-state index contributed by atoms with van der Waals surface area (Å²) < 4.78 is 56.5. The predicted molar refractivity (Wildman–Crippen MR) is 119 cm³/mol. The average molecular weight is 702 g/mol. The molecule has 0 bridgehead atoms. The molecule has 0 aliphatic carbocycles. The van der Waals surface area contributed by atoms with Crippen LogP contribution in [0, 0.1) is 17.5 Å².